The van der Waals surface area contributed by atoms with Gasteiger partial charge < -0.3 is 19.0 Å². The third-order valence-electron chi connectivity index (χ3n) is 5.78. The first kappa shape index (κ1) is 20.2. The Kier molecular flexibility index (Phi) is 5.83. The number of carbonyl (C=O) groups is 1. The first-order chi connectivity index (χ1) is 14.0. The molecule has 4 rings (SSSR count). The molecule has 0 N–H and O–H groups in total. The highest BCUT2D eigenvalue weighted by molar-refractivity contribution is 7.99. The van der Waals surface area contributed by atoms with Crippen LogP contribution < -0.4 is 4.74 Å². The molecule has 29 heavy (non-hydrogen) atoms. The van der Waals surface area contributed by atoms with Crippen LogP contribution in [0.15, 0.2) is 27.8 Å². The van der Waals surface area contributed by atoms with Crippen LogP contribution in [0.1, 0.15) is 36.8 Å². The van der Waals surface area contributed by atoms with Crippen LogP contribution in [0.2, 0.25) is 0 Å². The second kappa shape index (κ2) is 8.36. The molecule has 0 bridgehead atoms. The van der Waals surface area contributed by atoms with Crippen molar-refractivity contribution in [1.82, 2.24) is 20.0 Å². The molecule has 2 aliphatic rings. The third kappa shape index (κ3) is 4.59. The van der Waals surface area contributed by atoms with Gasteiger partial charge in [-0.05, 0) is 19.5 Å². The van der Waals surface area contributed by atoms with E-state index < -0.39 is 0 Å². The number of benzene rings is 1. The molecule has 1 fully saturated rings. The number of piperidine rings is 1. The molecule has 3 heterocycles. The number of amides is 1. The van der Waals surface area contributed by atoms with E-state index in [0.717, 1.165) is 43.8 Å². The van der Waals surface area contributed by atoms with Crippen molar-refractivity contribution in [2.75, 3.05) is 31.9 Å². The van der Waals surface area contributed by atoms with Gasteiger partial charge in [0.15, 0.2) is 0 Å². The summed E-state index contributed by atoms with van der Waals surface area (Å²) in [6, 6.07) is 6.27. The fraction of sp³-hybridized carbons (Fsp3) is 0.571. The summed E-state index contributed by atoms with van der Waals surface area (Å²) < 4.78 is 12.0. The van der Waals surface area contributed by atoms with Gasteiger partial charge in [-0.3, -0.25) is 4.79 Å². The second-order valence-electron chi connectivity index (χ2n) is 7.96. The molecule has 1 saturated heterocycles. The van der Waals surface area contributed by atoms with Gasteiger partial charge in [0, 0.05) is 45.0 Å². The third-order valence-corrected chi connectivity index (χ3v) is 6.58. The molecule has 0 radical (unpaired) electrons. The van der Waals surface area contributed by atoms with Crippen LogP contribution >= 0.6 is 11.8 Å². The minimum atomic E-state index is -0.326. The summed E-state index contributed by atoms with van der Waals surface area (Å²) in [4.78, 5) is 17.5. The molecule has 1 aromatic carbocycles. The standard InChI is InChI=1S/C21H28N4O3S/c1-4-24-9-7-21(8-10-24)14-25(12-17-11-15(2)5-6-18(17)28-21)19(26)13-29-20-23-22-16(3)27-20/h5-6,11H,4,7-10,12-14H2,1-3H3. The summed E-state index contributed by atoms with van der Waals surface area (Å²) in [7, 11) is 0. The van der Waals surface area contributed by atoms with Gasteiger partial charge in [-0.1, -0.05) is 36.4 Å². The Balaban J connectivity index is 1.54. The summed E-state index contributed by atoms with van der Waals surface area (Å²) in [5, 5.41) is 8.24. The van der Waals surface area contributed by atoms with Crippen molar-refractivity contribution >= 4 is 17.7 Å². The Labute approximate surface area is 175 Å². The summed E-state index contributed by atoms with van der Waals surface area (Å²) in [5.41, 5.74) is 1.92. The van der Waals surface area contributed by atoms with Gasteiger partial charge in [-0.2, -0.15) is 0 Å². The van der Waals surface area contributed by atoms with E-state index in [1.54, 1.807) is 6.92 Å². The van der Waals surface area contributed by atoms with Crippen LogP contribution in [0.5, 0.6) is 5.75 Å². The topological polar surface area (TPSA) is 71.7 Å². The first-order valence-electron chi connectivity index (χ1n) is 10.2. The molecule has 2 aliphatic heterocycles. The van der Waals surface area contributed by atoms with Crippen LogP contribution in [0, 0.1) is 13.8 Å². The summed E-state index contributed by atoms with van der Waals surface area (Å²) in [6.07, 6.45) is 1.85. The predicted molar refractivity (Wildman–Crippen MR) is 111 cm³/mol. The predicted octanol–water partition coefficient (Wildman–Crippen LogP) is 3.05. The number of fused-ring (bicyclic) bond motifs is 1. The van der Waals surface area contributed by atoms with Crippen molar-refractivity contribution in [3.05, 3.63) is 35.2 Å². The lowest BCUT2D eigenvalue weighted by Crippen LogP contribution is -2.54. The number of carbonyl (C=O) groups excluding carboxylic acids is 1. The zero-order valence-electron chi connectivity index (χ0n) is 17.3. The van der Waals surface area contributed by atoms with Gasteiger partial charge in [0.05, 0.1) is 12.3 Å². The first-order valence-corrected chi connectivity index (χ1v) is 11.2. The maximum Gasteiger partial charge on any atom is 0.277 e. The molecule has 0 aliphatic carbocycles. The molecule has 8 heteroatoms. The quantitative estimate of drug-likeness (QED) is 0.710. The summed E-state index contributed by atoms with van der Waals surface area (Å²) >= 11 is 1.29. The Bertz CT molecular complexity index is 877. The smallest absolute Gasteiger partial charge is 0.277 e. The lowest BCUT2D eigenvalue weighted by molar-refractivity contribution is -0.132. The zero-order chi connectivity index (χ0) is 20.4. The zero-order valence-corrected chi connectivity index (χ0v) is 18.1. The van der Waals surface area contributed by atoms with Gasteiger partial charge in [0.2, 0.25) is 11.8 Å². The SMILES string of the molecule is CCN1CCC2(CC1)CN(C(=O)CSc1nnc(C)o1)Cc1cc(C)ccc1O2. The van der Waals surface area contributed by atoms with Gasteiger partial charge in [-0.15, -0.1) is 10.2 Å². The highest BCUT2D eigenvalue weighted by Gasteiger charge is 2.41. The van der Waals surface area contributed by atoms with E-state index in [4.69, 9.17) is 9.15 Å². The average molecular weight is 417 g/mol. The monoisotopic (exact) mass is 416 g/mol. The second-order valence-corrected chi connectivity index (χ2v) is 8.88. The van der Waals surface area contributed by atoms with E-state index >= 15 is 0 Å². The molecule has 1 aromatic heterocycles. The summed E-state index contributed by atoms with van der Waals surface area (Å²) in [6.45, 7) is 10.2. The van der Waals surface area contributed by atoms with E-state index in [1.807, 2.05) is 4.90 Å². The van der Waals surface area contributed by atoms with Gasteiger partial charge in [0.25, 0.3) is 5.22 Å². The fourth-order valence-electron chi connectivity index (χ4n) is 4.07. The number of likely N-dealkylation sites (tertiary alicyclic amines) is 1. The molecule has 0 unspecified atom stereocenters. The summed E-state index contributed by atoms with van der Waals surface area (Å²) in [5.74, 6) is 1.77. The van der Waals surface area contributed by atoms with Crippen molar-refractivity contribution in [2.24, 2.45) is 0 Å². The highest BCUT2D eigenvalue weighted by Crippen LogP contribution is 2.36. The van der Waals surface area contributed by atoms with Crippen LogP contribution in [-0.2, 0) is 11.3 Å². The number of thioether (sulfide) groups is 1. The maximum absolute atomic E-state index is 13.1. The number of ether oxygens (including phenoxy) is 1. The van der Waals surface area contributed by atoms with Crippen LogP contribution in [0.3, 0.4) is 0 Å². The minimum Gasteiger partial charge on any atom is -0.485 e. The van der Waals surface area contributed by atoms with Crippen LogP contribution in [0.4, 0.5) is 0 Å². The molecule has 0 saturated carbocycles. The number of nitrogens with zero attached hydrogens (tertiary/aromatic N) is 4. The van der Waals surface area contributed by atoms with Crippen LogP contribution in [-0.4, -0.2) is 63.4 Å². The Hall–Kier alpha value is -2.06. The molecular formula is C21H28N4O3S. The van der Waals surface area contributed by atoms with E-state index in [1.165, 1.54) is 17.3 Å². The van der Waals surface area contributed by atoms with E-state index in [-0.39, 0.29) is 17.3 Å². The van der Waals surface area contributed by atoms with E-state index in [0.29, 0.717) is 24.2 Å². The number of aromatic nitrogens is 2. The lowest BCUT2D eigenvalue weighted by atomic mass is 9.90. The van der Waals surface area contributed by atoms with Gasteiger partial charge >= 0.3 is 0 Å². The fourth-order valence-corrected chi connectivity index (χ4v) is 4.78. The Morgan fingerprint density at radius 2 is 2.03 bits per heavy atom. The van der Waals surface area contributed by atoms with E-state index in [9.17, 15) is 4.79 Å². The van der Waals surface area contributed by atoms with Crippen molar-refractivity contribution in [3.63, 3.8) is 0 Å². The normalized spacial score (nSPS) is 18.9. The van der Waals surface area contributed by atoms with Crippen molar-refractivity contribution < 1.29 is 13.9 Å². The van der Waals surface area contributed by atoms with Crippen molar-refractivity contribution in [1.29, 1.82) is 0 Å². The molecule has 0 atom stereocenters. The van der Waals surface area contributed by atoms with Crippen LogP contribution in [0.25, 0.3) is 0 Å². The number of hydrogen-bond donors (Lipinski definition) is 0. The molecule has 1 amide bonds. The molecule has 7 nitrogen and oxygen atoms in total. The number of aryl methyl sites for hydroxylation is 2. The maximum atomic E-state index is 13.1. The highest BCUT2D eigenvalue weighted by atomic mass is 32.2. The van der Waals surface area contributed by atoms with Crippen molar-refractivity contribution in [2.45, 2.75) is 51.0 Å². The Morgan fingerprint density at radius 1 is 1.24 bits per heavy atom. The van der Waals surface area contributed by atoms with E-state index in [2.05, 4.69) is 47.1 Å². The van der Waals surface area contributed by atoms with Crippen molar-refractivity contribution in [3.8, 4) is 5.75 Å². The largest absolute Gasteiger partial charge is 0.485 e. The minimum absolute atomic E-state index is 0.0705. The number of rotatable bonds is 4. The molecule has 2 aromatic rings. The average Bonchev–Trinajstić information content (AvgIpc) is 3.06. The van der Waals surface area contributed by atoms with Gasteiger partial charge in [0.1, 0.15) is 11.4 Å². The number of hydrogen-bond acceptors (Lipinski definition) is 7. The lowest BCUT2D eigenvalue weighted by Gasteiger charge is -2.42. The molecular weight excluding hydrogens is 388 g/mol. The molecule has 156 valence electrons. The molecule has 1 spiro atoms. The van der Waals surface area contributed by atoms with Gasteiger partial charge in [-0.25, -0.2) is 0 Å². The Morgan fingerprint density at radius 3 is 2.72 bits per heavy atom.